The van der Waals surface area contributed by atoms with Crippen LogP contribution in [-0.2, 0) is 0 Å². The Hall–Kier alpha value is -1.53. The first-order valence-electron chi connectivity index (χ1n) is 3.35. The van der Waals surface area contributed by atoms with Gasteiger partial charge in [0.15, 0.2) is 0 Å². The van der Waals surface area contributed by atoms with Gasteiger partial charge >= 0.3 is 0 Å². The lowest BCUT2D eigenvalue weighted by Crippen LogP contribution is -1.72. The zero-order chi connectivity index (χ0) is 8.55. The first-order valence-corrected chi connectivity index (χ1v) is 3.73. The van der Waals surface area contributed by atoms with Crippen LogP contribution in [0.1, 0.15) is 5.56 Å². The summed E-state index contributed by atoms with van der Waals surface area (Å²) in [5, 5.41) is 16.4. The maximum atomic E-state index is 8.60. The van der Waals surface area contributed by atoms with Gasteiger partial charge in [0.2, 0.25) is 0 Å². The first-order chi connectivity index (χ1) is 5.81. The van der Waals surface area contributed by atoms with E-state index in [1.165, 1.54) is 0 Å². The van der Waals surface area contributed by atoms with Gasteiger partial charge in [0.1, 0.15) is 5.15 Å². The van der Waals surface area contributed by atoms with Gasteiger partial charge in [-0.2, -0.15) is 10.4 Å². The van der Waals surface area contributed by atoms with Gasteiger partial charge in [0.05, 0.1) is 17.1 Å². The molecule has 0 aliphatic heterocycles. The normalized spacial score (nSPS) is 10.0. The third-order valence-corrected chi connectivity index (χ3v) is 1.92. The van der Waals surface area contributed by atoms with Crippen molar-refractivity contribution in [3.05, 3.63) is 28.9 Å². The highest BCUT2D eigenvalue weighted by Crippen LogP contribution is 2.20. The number of hydrogen-bond acceptors (Lipinski definition) is 2. The predicted octanol–water partition coefficient (Wildman–Crippen LogP) is 2.09. The van der Waals surface area contributed by atoms with Crippen molar-refractivity contribution in [1.29, 1.82) is 5.26 Å². The van der Waals surface area contributed by atoms with Crippen LogP contribution >= 0.6 is 11.6 Å². The second-order valence-corrected chi connectivity index (χ2v) is 2.76. The van der Waals surface area contributed by atoms with E-state index in [9.17, 15) is 0 Å². The van der Waals surface area contributed by atoms with Gasteiger partial charge in [-0.15, -0.1) is 0 Å². The number of rotatable bonds is 0. The Bertz CT molecular complexity index is 467. The van der Waals surface area contributed by atoms with E-state index < -0.39 is 0 Å². The number of halogens is 1. The highest BCUT2D eigenvalue weighted by molar-refractivity contribution is 6.34. The molecule has 0 saturated carbocycles. The summed E-state index contributed by atoms with van der Waals surface area (Å²) in [7, 11) is 0. The molecule has 58 valence electrons. The summed E-state index contributed by atoms with van der Waals surface area (Å²) in [6, 6.07) is 7.21. The lowest BCUT2D eigenvalue weighted by Gasteiger charge is -1.88. The SMILES string of the molecule is N#Cc1ccc2n[nH]c(Cl)c2c1. The number of aromatic nitrogens is 2. The molecule has 0 amide bonds. The molecule has 0 aliphatic rings. The van der Waals surface area contributed by atoms with Crippen LogP contribution in [0.3, 0.4) is 0 Å². The maximum Gasteiger partial charge on any atom is 0.132 e. The van der Waals surface area contributed by atoms with E-state index in [2.05, 4.69) is 10.2 Å². The molecule has 1 N–H and O–H groups in total. The topological polar surface area (TPSA) is 52.5 Å². The molecular formula is C8H4ClN3. The van der Waals surface area contributed by atoms with E-state index in [1.807, 2.05) is 6.07 Å². The Labute approximate surface area is 73.6 Å². The fourth-order valence-electron chi connectivity index (χ4n) is 1.05. The highest BCUT2D eigenvalue weighted by atomic mass is 35.5. The van der Waals surface area contributed by atoms with Crippen LogP contribution < -0.4 is 0 Å². The standard InChI is InChI=1S/C8H4ClN3/c9-8-6-3-5(4-10)1-2-7(6)11-12-8/h1-3H,(H,11,12). The van der Waals surface area contributed by atoms with Crippen LogP contribution in [0.5, 0.6) is 0 Å². The number of nitriles is 1. The predicted molar refractivity (Wildman–Crippen MR) is 45.8 cm³/mol. The van der Waals surface area contributed by atoms with Crippen molar-refractivity contribution in [2.75, 3.05) is 0 Å². The molecule has 0 bridgehead atoms. The number of H-pyrrole nitrogens is 1. The minimum absolute atomic E-state index is 0.474. The highest BCUT2D eigenvalue weighted by Gasteiger charge is 2.02. The summed E-state index contributed by atoms with van der Waals surface area (Å²) in [5.74, 6) is 0. The second kappa shape index (κ2) is 2.50. The van der Waals surface area contributed by atoms with Gasteiger partial charge in [-0.05, 0) is 18.2 Å². The largest absolute Gasteiger partial charge is 0.266 e. The zero-order valence-corrected chi connectivity index (χ0v) is 6.76. The van der Waals surface area contributed by atoms with Gasteiger partial charge < -0.3 is 0 Å². The first kappa shape index (κ1) is 7.14. The minimum Gasteiger partial charge on any atom is -0.266 e. The Balaban J connectivity index is 2.82. The smallest absolute Gasteiger partial charge is 0.132 e. The second-order valence-electron chi connectivity index (χ2n) is 2.38. The molecule has 0 saturated heterocycles. The number of hydrogen-bond donors (Lipinski definition) is 1. The summed E-state index contributed by atoms with van der Waals surface area (Å²) in [6.45, 7) is 0. The molecule has 0 spiro atoms. The summed E-state index contributed by atoms with van der Waals surface area (Å²) >= 11 is 5.77. The monoisotopic (exact) mass is 177 g/mol. The van der Waals surface area contributed by atoms with Crippen LogP contribution in [0.15, 0.2) is 18.2 Å². The molecule has 0 atom stereocenters. The van der Waals surface area contributed by atoms with Crippen molar-refractivity contribution in [2.45, 2.75) is 0 Å². The van der Waals surface area contributed by atoms with Crippen LogP contribution in [-0.4, -0.2) is 10.2 Å². The fraction of sp³-hybridized carbons (Fsp3) is 0. The molecule has 0 aliphatic carbocycles. The average Bonchev–Trinajstić information content (AvgIpc) is 2.47. The van der Waals surface area contributed by atoms with Gasteiger partial charge in [-0.25, -0.2) is 0 Å². The van der Waals surface area contributed by atoms with Crippen molar-refractivity contribution in [3.63, 3.8) is 0 Å². The van der Waals surface area contributed by atoms with Crippen LogP contribution in [0, 0.1) is 11.3 Å². The molecule has 0 fully saturated rings. The van der Waals surface area contributed by atoms with Crippen LogP contribution in [0.2, 0.25) is 5.15 Å². The van der Waals surface area contributed by atoms with Gasteiger partial charge in [0.25, 0.3) is 0 Å². The van der Waals surface area contributed by atoms with E-state index >= 15 is 0 Å². The van der Waals surface area contributed by atoms with E-state index in [0.29, 0.717) is 10.7 Å². The summed E-state index contributed by atoms with van der Waals surface area (Å²) in [4.78, 5) is 0. The number of aromatic amines is 1. The molecule has 4 heteroatoms. The molecule has 1 heterocycles. The molecule has 3 nitrogen and oxygen atoms in total. The van der Waals surface area contributed by atoms with E-state index in [0.717, 1.165) is 10.9 Å². The van der Waals surface area contributed by atoms with Crippen LogP contribution in [0.25, 0.3) is 10.9 Å². The molecule has 2 aromatic rings. The van der Waals surface area contributed by atoms with Gasteiger partial charge in [0, 0.05) is 5.39 Å². The molecule has 0 unspecified atom stereocenters. The summed E-state index contributed by atoms with van der Waals surface area (Å²) in [5.41, 5.74) is 1.37. The van der Waals surface area contributed by atoms with Crippen molar-refractivity contribution >= 4 is 22.5 Å². The molecule has 2 rings (SSSR count). The lowest BCUT2D eigenvalue weighted by atomic mass is 10.2. The number of fused-ring (bicyclic) bond motifs is 1. The van der Waals surface area contributed by atoms with Crippen molar-refractivity contribution in [1.82, 2.24) is 10.2 Å². The third kappa shape index (κ3) is 0.936. The van der Waals surface area contributed by atoms with E-state index in [4.69, 9.17) is 16.9 Å². The van der Waals surface area contributed by atoms with Crippen molar-refractivity contribution in [3.8, 4) is 6.07 Å². The summed E-state index contributed by atoms with van der Waals surface area (Å²) in [6.07, 6.45) is 0. The van der Waals surface area contributed by atoms with E-state index in [1.54, 1.807) is 18.2 Å². The molecule has 1 aromatic heterocycles. The number of nitrogens with zero attached hydrogens (tertiary/aromatic N) is 2. The number of benzene rings is 1. The molecular weight excluding hydrogens is 174 g/mol. The van der Waals surface area contributed by atoms with Crippen molar-refractivity contribution in [2.24, 2.45) is 0 Å². The zero-order valence-electron chi connectivity index (χ0n) is 6.00. The van der Waals surface area contributed by atoms with Gasteiger partial charge in [-0.1, -0.05) is 11.6 Å². The average molecular weight is 178 g/mol. The fourth-order valence-corrected chi connectivity index (χ4v) is 1.24. The van der Waals surface area contributed by atoms with Crippen LogP contribution in [0.4, 0.5) is 0 Å². The summed E-state index contributed by atoms with van der Waals surface area (Å²) < 4.78 is 0. The maximum absolute atomic E-state index is 8.60. The Morgan fingerprint density at radius 2 is 2.33 bits per heavy atom. The molecule has 0 radical (unpaired) electrons. The Morgan fingerprint density at radius 3 is 3.08 bits per heavy atom. The third-order valence-electron chi connectivity index (χ3n) is 1.64. The minimum atomic E-state index is 0.474. The van der Waals surface area contributed by atoms with E-state index in [-0.39, 0.29) is 0 Å². The van der Waals surface area contributed by atoms with Crippen molar-refractivity contribution < 1.29 is 0 Å². The molecule has 1 aromatic carbocycles. The molecule has 12 heavy (non-hydrogen) atoms. The Morgan fingerprint density at radius 1 is 1.50 bits per heavy atom. The Kier molecular flexibility index (Phi) is 1.49. The lowest BCUT2D eigenvalue weighted by molar-refractivity contribution is 1.12. The number of nitrogens with one attached hydrogen (secondary N) is 1. The van der Waals surface area contributed by atoms with Gasteiger partial charge in [-0.3, -0.25) is 5.10 Å². The quantitative estimate of drug-likeness (QED) is 0.670.